The van der Waals surface area contributed by atoms with Crippen LogP contribution in [0, 0.1) is 18.3 Å². The van der Waals surface area contributed by atoms with Crippen LogP contribution in [0.25, 0.3) is 17.0 Å². The fraction of sp³-hybridized carbons (Fsp3) is 0.357. The van der Waals surface area contributed by atoms with Crippen molar-refractivity contribution in [2.24, 2.45) is 0 Å². The second-order valence-electron chi connectivity index (χ2n) is 8.79. The molecule has 0 saturated heterocycles. The van der Waals surface area contributed by atoms with Gasteiger partial charge in [0.2, 0.25) is 0 Å². The van der Waals surface area contributed by atoms with Crippen LogP contribution in [-0.2, 0) is 11.3 Å². The Balaban J connectivity index is 1.50. The lowest BCUT2D eigenvalue weighted by Crippen LogP contribution is -2.35. The third-order valence-electron chi connectivity index (χ3n) is 6.30. The van der Waals surface area contributed by atoms with E-state index in [2.05, 4.69) is 28.9 Å². The summed E-state index contributed by atoms with van der Waals surface area (Å²) in [4.78, 5) is 12.8. The summed E-state index contributed by atoms with van der Waals surface area (Å²) in [6, 6.07) is 18.3. The standard InChI is InChI=1S/C28H31N3O2/c1-21-12-14-25(15-13-21)33-17-16-31-20-23(26-10-6-7-11-27(26)31)18-22(19-29)28(32)30-24-8-4-2-3-5-9-24/h6-7,10-15,18,20,24H,2-5,8-9,16-17H2,1H3,(H,30,32)/b22-18+. The molecule has 1 aliphatic rings. The monoisotopic (exact) mass is 441 g/mol. The predicted octanol–water partition coefficient (Wildman–Crippen LogP) is 5.77. The molecule has 33 heavy (non-hydrogen) atoms. The number of carbonyl (C=O) groups is 1. The lowest BCUT2D eigenvalue weighted by Gasteiger charge is -2.15. The summed E-state index contributed by atoms with van der Waals surface area (Å²) in [6.07, 6.45) is 10.4. The quantitative estimate of drug-likeness (QED) is 0.287. The fourth-order valence-corrected chi connectivity index (χ4v) is 4.46. The molecule has 0 aliphatic heterocycles. The highest BCUT2D eigenvalue weighted by Gasteiger charge is 2.18. The summed E-state index contributed by atoms with van der Waals surface area (Å²) in [5.74, 6) is 0.572. The van der Waals surface area contributed by atoms with Crippen molar-refractivity contribution in [1.82, 2.24) is 9.88 Å². The first-order chi connectivity index (χ1) is 16.1. The van der Waals surface area contributed by atoms with Crippen LogP contribution in [0.1, 0.15) is 49.7 Å². The van der Waals surface area contributed by atoms with E-state index >= 15 is 0 Å². The molecule has 3 aromatic rings. The number of benzene rings is 2. The van der Waals surface area contributed by atoms with Crippen molar-refractivity contribution in [3.63, 3.8) is 0 Å². The van der Waals surface area contributed by atoms with Gasteiger partial charge in [-0.2, -0.15) is 5.26 Å². The maximum absolute atomic E-state index is 12.8. The molecule has 5 heteroatoms. The van der Waals surface area contributed by atoms with Crippen molar-refractivity contribution < 1.29 is 9.53 Å². The Morgan fingerprint density at radius 2 is 1.85 bits per heavy atom. The number of nitriles is 1. The van der Waals surface area contributed by atoms with E-state index in [-0.39, 0.29) is 17.5 Å². The molecular weight excluding hydrogens is 410 g/mol. The fourth-order valence-electron chi connectivity index (χ4n) is 4.46. The first-order valence-electron chi connectivity index (χ1n) is 11.8. The van der Waals surface area contributed by atoms with Gasteiger partial charge in [-0.1, -0.05) is 61.6 Å². The molecule has 0 bridgehead atoms. The van der Waals surface area contributed by atoms with E-state index in [9.17, 15) is 10.1 Å². The average Bonchev–Trinajstić information content (AvgIpc) is 2.98. The molecule has 1 saturated carbocycles. The highest BCUT2D eigenvalue weighted by atomic mass is 16.5. The van der Waals surface area contributed by atoms with E-state index < -0.39 is 0 Å². The maximum atomic E-state index is 12.8. The van der Waals surface area contributed by atoms with Gasteiger partial charge in [-0.05, 0) is 44.0 Å². The van der Waals surface area contributed by atoms with Crippen molar-refractivity contribution in [2.75, 3.05) is 6.61 Å². The molecule has 170 valence electrons. The van der Waals surface area contributed by atoms with Crippen molar-refractivity contribution in [3.8, 4) is 11.8 Å². The zero-order chi connectivity index (χ0) is 23.0. The summed E-state index contributed by atoms with van der Waals surface area (Å²) in [7, 11) is 0. The number of para-hydroxylation sites is 1. The number of rotatable bonds is 7. The number of nitrogens with one attached hydrogen (secondary N) is 1. The maximum Gasteiger partial charge on any atom is 0.262 e. The first-order valence-corrected chi connectivity index (χ1v) is 11.8. The summed E-state index contributed by atoms with van der Waals surface area (Å²) in [5.41, 5.74) is 3.27. The molecule has 1 aromatic heterocycles. The predicted molar refractivity (Wildman–Crippen MR) is 132 cm³/mol. The van der Waals surface area contributed by atoms with Crippen LogP contribution in [-0.4, -0.2) is 23.1 Å². The molecule has 4 rings (SSSR count). The number of ether oxygens (including phenoxy) is 1. The number of aromatic nitrogens is 1. The first kappa shape index (κ1) is 22.7. The van der Waals surface area contributed by atoms with Crippen LogP contribution in [0.5, 0.6) is 5.75 Å². The van der Waals surface area contributed by atoms with Gasteiger partial charge < -0.3 is 14.6 Å². The van der Waals surface area contributed by atoms with E-state index in [1.54, 1.807) is 6.08 Å². The topological polar surface area (TPSA) is 67.0 Å². The Bertz CT molecular complexity index is 1160. The Morgan fingerprint density at radius 1 is 1.12 bits per heavy atom. The number of fused-ring (bicyclic) bond motifs is 1. The van der Waals surface area contributed by atoms with E-state index in [1.807, 2.05) is 48.7 Å². The van der Waals surface area contributed by atoms with Crippen LogP contribution < -0.4 is 10.1 Å². The number of hydrogen-bond acceptors (Lipinski definition) is 3. The normalized spacial score (nSPS) is 15.1. The minimum absolute atomic E-state index is 0.151. The molecule has 1 N–H and O–H groups in total. The van der Waals surface area contributed by atoms with Gasteiger partial charge in [0.05, 0.1) is 6.54 Å². The van der Waals surface area contributed by atoms with Crippen LogP contribution in [0.2, 0.25) is 0 Å². The van der Waals surface area contributed by atoms with Crippen molar-refractivity contribution >= 4 is 22.9 Å². The van der Waals surface area contributed by atoms with E-state index in [0.29, 0.717) is 13.2 Å². The summed E-state index contributed by atoms with van der Waals surface area (Å²) < 4.78 is 8.02. The Hall–Kier alpha value is -3.52. The van der Waals surface area contributed by atoms with E-state index in [4.69, 9.17) is 4.74 Å². The Kier molecular flexibility index (Phi) is 7.47. The zero-order valence-corrected chi connectivity index (χ0v) is 19.2. The number of carbonyl (C=O) groups excluding carboxylic acids is 1. The van der Waals surface area contributed by atoms with Gasteiger partial charge in [0, 0.05) is 28.7 Å². The van der Waals surface area contributed by atoms with E-state index in [0.717, 1.165) is 47.9 Å². The largest absolute Gasteiger partial charge is 0.492 e. The average molecular weight is 442 g/mol. The Labute approximate surface area is 195 Å². The van der Waals surface area contributed by atoms with Crippen LogP contribution in [0.3, 0.4) is 0 Å². The SMILES string of the molecule is Cc1ccc(OCCn2cc(/C=C(\C#N)C(=O)NC3CCCCCC3)c3ccccc32)cc1. The van der Waals surface area contributed by atoms with Gasteiger partial charge >= 0.3 is 0 Å². The van der Waals surface area contributed by atoms with Crippen molar-refractivity contribution in [3.05, 3.63) is 71.4 Å². The van der Waals surface area contributed by atoms with Crippen LogP contribution in [0.4, 0.5) is 0 Å². The van der Waals surface area contributed by atoms with Crippen LogP contribution in [0.15, 0.2) is 60.3 Å². The molecule has 1 heterocycles. The second kappa shape index (κ2) is 10.9. The number of hydrogen-bond donors (Lipinski definition) is 1. The summed E-state index contributed by atoms with van der Waals surface area (Å²) in [5, 5.41) is 13.8. The van der Waals surface area contributed by atoms with Gasteiger partial charge in [-0.3, -0.25) is 4.79 Å². The third-order valence-corrected chi connectivity index (χ3v) is 6.30. The lowest BCUT2D eigenvalue weighted by molar-refractivity contribution is -0.117. The van der Waals surface area contributed by atoms with Gasteiger partial charge in [0.1, 0.15) is 24.0 Å². The van der Waals surface area contributed by atoms with Crippen molar-refractivity contribution in [2.45, 2.75) is 58.0 Å². The molecule has 0 spiro atoms. The number of nitrogens with zero attached hydrogens (tertiary/aromatic N) is 2. The third kappa shape index (κ3) is 5.84. The number of amides is 1. The molecule has 1 fully saturated rings. The Morgan fingerprint density at radius 3 is 2.58 bits per heavy atom. The second-order valence-corrected chi connectivity index (χ2v) is 8.79. The zero-order valence-electron chi connectivity index (χ0n) is 19.2. The smallest absolute Gasteiger partial charge is 0.262 e. The molecule has 0 unspecified atom stereocenters. The molecular formula is C28H31N3O2. The van der Waals surface area contributed by atoms with Crippen LogP contribution >= 0.6 is 0 Å². The van der Waals surface area contributed by atoms with E-state index in [1.165, 1.54) is 18.4 Å². The number of aryl methyl sites for hydroxylation is 1. The van der Waals surface area contributed by atoms with Crippen molar-refractivity contribution in [1.29, 1.82) is 5.26 Å². The minimum atomic E-state index is -0.274. The van der Waals surface area contributed by atoms with Gasteiger partial charge in [-0.15, -0.1) is 0 Å². The highest BCUT2D eigenvalue weighted by Crippen LogP contribution is 2.24. The molecule has 2 aromatic carbocycles. The molecule has 1 aliphatic carbocycles. The molecule has 5 nitrogen and oxygen atoms in total. The summed E-state index contributed by atoms with van der Waals surface area (Å²) >= 11 is 0. The van der Waals surface area contributed by atoms with Gasteiger partial charge in [0.15, 0.2) is 0 Å². The lowest BCUT2D eigenvalue weighted by atomic mass is 10.1. The van der Waals surface area contributed by atoms with Gasteiger partial charge in [0.25, 0.3) is 5.91 Å². The molecule has 1 amide bonds. The van der Waals surface area contributed by atoms with Gasteiger partial charge in [-0.25, -0.2) is 0 Å². The summed E-state index contributed by atoms with van der Waals surface area (Å²) in [6.45, 7) is 3.24. The molecule has 0 atom stereocenters. The highest BCUT2D eigenvalue weighted by molar-refractivity contribution is 6.04. The molecule has 0 radical (unpaired) electrons. The minimum Gasteiger partial charge on any atom is -0.492 e.